The number of benzene rings is 1. The number of carbonyl (C=O) groups is 3. The number of halogens is 3. The van der Waals surface area contributed by atoms with Gasteiger partial charge in [0.1, 0.15) is 0 Å². The normalized spacial score (nSPS) is 19.5. The maximum absolute atomic E-state index is 12.8. The molecule has 2 saturated heterocycles. The summed E-state index contributed by atoms with van der Waals surface area (Å²) in [6.07, 6.45) is 0.386. The van der Waals surface area contributed by atoms with Crippen molar-refractivity contribution in [3.05, 3.63) is 65.5 Å². The van der Waals surface area contributed by atoms with Crippen LogP contribution in [0, 0.1) is 6.92 Å². The topological polar surface area (TPSA) is 99.6 Å². The van der Waals surface area contributed by atoms with Crippen LogP contribution in [0.2, 0.25) is 0 Å². The lowest BCUT2D eigenvalue weighted by atomic mass is 9.74. The molecule has 1 aromatic heterocycles. The van der Waals surface area contributed by atoms with Gasteiger partial charge in [-0.2, -0.15) is 13.2 Å². The summed E-state index contributed by atoms with van der Waals surface area (Å²) in [5, 5.41) is 10.4. The molecule has 1 aromatic carbocycles. The summed E-state index contributed by atoms with van der Waals surface area (Å²) in [7, 11) is 0. The summed E-state index contributed by atoms with van der Waals surface area (Å²) in [6.45, 7) is 3.24. The number of pyridine rings is 1. The number of hydrogen-bond donors (Lipinski definition) is 2. The lowest BCUT2D eigenvalue weighted by Crippen LogP contribution is -2.54. The predicted octanol–water partition coefficient (Wildman–Crippen LogP) is 3.30. The molecule has 33 heavy (non-hydrogen) atoms. The van der Waals surface area contributed by atoms with Crippen molar-refractivity contribution >= 4 is 17.8 Å². The van der Waals surface area contributed by atoms with Gasteiger partial charge in [-0.05, 0) is 37.0 Å². The number of aryl methyl sites for hydroxylation is 1. The summed E-state index contributed by atoms with van der Waals surface area (Å²) >= 11 is 0. The van der Waals surface area contributed by atoms with Crippen molar-refractivity contribution in [2.45, 2.75) is 43.8 Å². The highest BCUT2D eigenvalue weighted by atomic mass is 19.4. The molecule has 3 heterocycles. The zero-order valence-electron chi connectivity index (χ0n) is 17.9. The zero-order valence-corrected chi connectivity index (χ0v) is 17.9. The number of amides is 2. The van der Waals surface area contributed by atoms with Crippen LogP contribution in [-0.2, 0) is 9.59 Å². The Morgan fingerprint density at radius 2 is 1.76 bits per heavy atom. The Hall–Kier alpha value is -3.43. The molecule has 2 aliphatic rings. The van der Waals surface area contributed by atoms with Crippen LogP contribution in [0.15, 0.2) is 48.8 Å². The van der Waals surface area contributed by atoms with E-state index in [1.54, 1.807) is 12.4 Å². The fourth-order valence-electron chi connectivity index (χ4n) is 4.36. The van der Waals surface area contributed by atoms with Gasteiger partial charge in [-0.1, -0.05) is 30.3 Å². The average Bonchev–Trinajstić information content (AvgIpc) is 3.09. The minimum absolute atomic E-state index is 0.0247. The van der Waals surface area contributed by atoms with Crippen molar-refractivity contribution < 1.29 is 32.7 Å². The molecule has 2 N–H and O–H groups in total. The largest absolute Gasteiger partial charge is 0.490 e. The van der Waals surface area contributed by atoms with Crippen LogP contribution in [0.4, 0.5) is 13.2 Å². The number of rotatable bonds is 2. The highest BCUT2D eigenvalue weighted by Gasteiger charge is 2.49. The number of carbonyl (C=O) groups excluding carboxylic acids is 2. The van der Waals surface area contributed by atoms with Crippen LogP contribution in [0.3, 0.4) is 0 Å². The third kappa shape index (κ3) is 5.68. The van der Waals surface area contributed by atoms with E-state index in [0.717, 1.165) is 18.4 Å². The molecule has 1 spiro atoms. The van der Waals surface area contributed by atoms with Gasteiger partial charge in [0.05, 0.1) is 11.1 Å². The number of carboxylic acid groups (broad SMARTS) is 1. The molecule has 7 nitrogen and oxygen atoms in total. The number of likely N-dealkylation sites (tertiary alicyclic amines) is 1. The second kappa shape index (κ2) is 9.60. The number of piperidine rings is 1. The van der Waals surface area contributed by atoms with Crippen molar-refractivity contribution in [1.29, 1.82) is 0 Å². The quantitative estimate of drug-likeness (QED) is 0.712. The van der Waals surface area contributed by atoms with E-state index >= 15 is 0 Å². The smallest absolute Gasteiger partial charge is 0.475 e. The first-order valence-electron chi connectivity index (χ1n) is 10.4. The van der Waals surface area contributed by atoms with Gasteiger partial charge in [0, 0.05) is 37.8 Å². The first kappa shape index (κ1) is 24.2. The fraction of sp³-hybridized carbons (Fsp3) is 0.391. The van der Waals surface area contributed by atoms with Crippen LogP contribution < -0.4 is 5.32 Å². The van der Waals surface area contributed by atoms with Crippen LogP contribution >= 0.6 is 0 Å². The van der Waals surface area contributed by atoms with Crippen molar-refractivity contribution in [2.24, 2.45) is 0 Å². The Morgan fingerprint density at radius 1 is 1.15 bits per heavy atom. The van der Waals surface area contributed by atoms with Gasteiger partial charge in [-0.15, -0.1) is 0 Å². The van der Waals surface area contributed by atoms with Crippen molar-refractivity contribution in [3.63, 3.8) is 0 Å². The molecule has 1 unspecified atom stereocenters. The second-order valence-electron chi connectivity index (χ2n) is 8.22. The molecule has 1 atom stereocenters. The van der Waals surface area contributed by atoms with Gasteiger partial charge >= 0.3 is 12.1 Å². The van der Waals surface area contributed by atoms with E-state index < -0.39 is 12.1 Å². The van der Waals surface area contributed by atoms with Crippen molar-refractivity contribution in [3.8, 4) is 0 Å². The Morgan fingerprint density at radius 3 is 2.30 bits per heavy atom. The minimum Gasteiger partial charge on any atom is -0.475 e. The summed E-state index contributed by atoms with van der Waals surface area (Å²) in [5.74, 6) is -2.44. The van der Waals surface area contributed by atoms with Gasteiger partial charge < -0.3 is 15.3 Å². The standard InChI is InChI=1S/C21H23N3O2.C2HF3O2/c1-15-11-17(14-22-13-15)20(26)24-9-7-21(8-10-24)18(12-19(25)23-21)16-5-3-2-4-6-16;3-2(4,5)1(6)7/h2-6,11,13-14,18H,7-10,12H2,1H3,(H,23,25);(H,6,7). The molecule has 4 rings (SSSR count). The fourth-order valence-corrected chi connectivity index (χ4v) is 4.36. The molecule has 2 amide bonds. The SMILES string of the molecule is Cc1cncc(C(=O)N2CCC3(CC2)NC(=O)CC3c2ccccc2)c1.O=C(O)C(F)(F)F. The summed E-state index contributed by atoms with van der Waals surface area (Å²) in [5.41, 5.74) is 2.58. The number of carboxylic acids is 1. The van der Waals surface area contributed by atoms with Gasteiger partial charge in [-0.25, -0.2) is 4.79 Å². The maximum Gasteiger partial charge on any atom is 0.490 e. The molecule has 2 aliphatic heterocycles. The van der Waals surface area contributed by atoms with E-state index in [-0.39, 0.29) is 23.3 Å². The van der Waals surface area contributed by atoms with Crippen molar-refractivity contribution in [2.75, 3.05) is 13.1 Å². The van der Waals surface area contributed by atoms with Gasteiger partial charge in [0.25, 0.3) is 5.91 Å². The molecule has 0 aliphatic carbocycles. The average molecular weight is 463 g/mol. The van der Waals surface area contributed by atoms with E-state index in [1.807, 2.05) is 36.1 Å². The summed E-state index contributed by atoms with van der Waals surface area (Å²) < 4.78 is 31.7. The zero-order chi connectivity index (χ0) is 24.2. The molecule has 176 valence electrons. The predicted molar refractivity (Wildman–Crippen MR) is 112 cm³/mol. The molecular weight excluding hydrogens is 439 g/mol. The number of nitrogens with one attached hydrogen (secondary N) is 1. The highest BCUT2D eigenvalue weighted by Crippen LogP contribution is 2.43. The van der Waals surface area contributed by atoms with Crippen LogP contribution in [0.1, 0.15) is 46.7 Å². The first-order chi connectivity index (χ1) is 15.5. The molecule has 10 heteroatoms. The molecule has 2 aromatic rings. The third-order valence-corrected chi connectivity index (χ3v) is 5.95. The third-order valence-electron chi connectivity index (χ3n) is 5.95. The lowest BCUT2D eigenvalue weighted by Gasteiger charge is -2.43. The van der Waals surface area contributed by atoms with Crippen LogP contribution in [0.25, 0.3) is 0 Å². The van der Waals surface area contributed by atoms with Gasteiger partial charge in [-0.3, -0.25) is 14.6 Å². The summed E-state index contributed by atoms with van der Waals surface area (Å²) in [6, 6.07) is 12.1. The van der Waals surface area contributed by atoms with Gasteiger partial charge in [0.15, 0.2) is 0 Å². The molecular formula is C23H24F3N3O4. The molecule has 0 saturated carbocycles. The van der Waals surface area contributed by atoms with E-state index in [2.05, 4.69) is 22.4 Å². The van der Waals surface area contributed by atoms with E-state index in [1.165, 1.54) is 5.56 Å². The summed E-state index contributed by atoms with van der Waals surface area (Å²) in [4.78, 5) is 39.9. The Kier molecular flexibility index (Phi) is 7.04. The number of alkyl halides is 3. The monoisotopic (exact) mass is 463 g/mol. The maximum atomic E-state index is 12.8. The number of aromatic nitrogens is 1. The number of aliphatic carboxylic acids is 1. The number of nitrogens with zero attached hydrogens (tertiary/aromatic N) is 2. The van der Waals surface area contributed by atoms with Crippen LogP contribution in [-0.4, -0.2) is 57.6 Å². The molecule has 2 fully saturated rings. The molecule has 0 radical (unpaired) electrons. The van der Waals surface area contributed by atoms with Crippen molar-refractivity contribution in [1.82, 2.24) is 15.2 Å². The Balaban J connectivity index is 0.000000383. The van der Waals surface area contributed by atoms with Gasteiger partial charge in [0.2, 0.25) is 5.91 Å². The lowest BCUT2D eigenvalue weighted by molar-refractivity contribution is -0.192. The van der Waals surface area contributed by atoms with E-state index in [9.17, 15) is 22.8 Å². The second-order valence-corrected chi connectivity index (χ2v) is 8.22. The first-order valence-corrected chi connectivity index (χ1v) is 10.4. The Labute approximate surface area is 188 Å². The van der Waals surface area contributed by atoms with E-state index in [4.69, 9.17) is 9.90 Å². The van der Waals surface area contributed by atoms with Crippen LogP contribution in [0.5, 0.6) is 0 Å². The minimum atomic E-state index is -5.08. The molecule has 0 bridgehead atoms. The highest BCUT2D eigenvalue weighted by molar-refractivity contribution is 5.94. The van der Waals surface area contributed by atoms with E-state index in [0.29, 0.717) is 25.1 Å². The Bertz CT molecular complexity index is 1020. The number of hydrogen-bond acceptors (Lipinski definition) is 4.